The smallest absolute Gasteiger partial charge is 0.275 e. The summed E-state index contributed by atoms with van der Waals surface area (Å²) in [4.78, 5) is 0. The molecule has 0 spiro atoms. The zero-order valence-corrected chi connectivity index (χ0v) is 6.30. The summed E-state index contributed by atoms with van der Waals surface area (Å²) in [7, 11) is 0. The van der Waals surface area contributed by atoms with Gasteiger partial charge in [0.05, 0.1) is 0 Å². The van der Waals surface area contributed by atoms with Gasteiger partial charge < -0.3 is 25.5 Å². The van der Waals surface area contributed by atoms with Crippen LogP contribution in [-0.2, 0) is 0 Å². The van der Waals surface area contributed by atoms with E-state index in [1.807, 2.05) is 0 Å². The molecule has 5 heteroatoms. The van der Waals surface area contributed by atoms with Gasteiger partial charge in [0.15, 0.2) is 6.29 Å². The van der Waals surface area contributed by atoms with Crippen molar-refractivity contribution in [3.63, 3.8) is 0 Å². The van der Waals surface area contributed by atoms with Crippen LogP contribution in [0.2, 0.25) is 0 Å². The predicted molar refractivity (Wildman–Crippen MR) is 36.0 cm³/mol. The number of hydrogen-bond acceptors (Lipinski definition) is 5. The van der Waals surface area contributed by atoms with Crippen molar-refractivity contribution in [2.24, 2.45) is 5.92 Å². The summed E-state index contributed by atoms with van der Waals surface area (Å²) in [5.74, 6) is -3.19. The first-order valence-electron chi connectivity index (χ1n) is 3.36. The highest BCUT2D eigenvalue weighted by Crippen LogP contribution is 2.13. The van der Waals surface area contributed by atoms with Gasteiger partial charge in [0.2, 0.25) is 0 Å². The van der Waals surface area contributed by atoms with Gasteiger partial charge in [-0.3, -0.25) is 0 Å². The molecule has 0 aromatic carbocycles. The van der Waals surface area contributed by atoms with Crippen molar-refractivity contribution in [2.75, 3.05) is 0 Å². The first-order valence-corrected chi connectivity index (χ1v) is 3.36. The topological polar surface area (TPSA) is 101 Å². The highest BCUT2D eigenvalue weighted by Gasteiger charge is 2.21. The van der Waals surface area contributed by atoms with E-state index in [0.29, 0.717) is 0 Å². The average molecular weight is 166 g/mol. The lowest BCUT2D eigenvalue weighted by molar-refractivity contribution is -0.316. The molecule has 0 radical (unpaired) electrons. The summed E-state index contributed by atoms with van der Waals surface area (Å²) < 4.78 is 0. The maximum Gasteiger partial charge on any atom is 0.275 e. The lowest BCUT2D eigenvalue weighted by Crippen LogP contribution is -2.29. The molecule has 68 valence electrons. The van der Waals surface area contributed by atoms with Crippen molar-refractivity contribution >= 4 is 0 Å². The van der Waals surface area contributed by atoms with Crippen LogP contribution in [0.5, 0.6) is 0 Å². The monoisotopic (exact) mass is 166 g/mol. The first-order chi connectivity index (χ1) is 4.83. The van der Waals surface area contributed by atoms with Gasteiger partial charge in [-0.25, -0.2) is 0 Å². The van der Waals surface area contributed by atoms with E-state index in [2.05, 4.69) is 0 Å². The molecular formula is C6H14O5. The zero-order chi connectivity index (χ0) is 9.07. The zero-order valence-electron chi connectivity index (χ0n) is 6.30. The van der Waals surface area contributed by atoms with Crippen LogP contribution in [0.4, 0.5) is 0 Å². The standard InChI is InChI=1S/C6H14O5/c1-4(5(7)8)2-3-6(9,10)11/h4-5,7-11H,2-3H2,1H3. The van der Waals surface area contributed by atoms with Crippen LogP contribution in [0, 0.1) is 5.92 Å². The molecule has 0 rings (SSSR count). The Hall–Kier alpha value is -0.200. The van der Waals surface area contributed by atoms with Crippen molar-refractivity contribution in [1.82, 2.24) is 0 Å². The molecule has 0 aliphatic heterocycles. The lowest BCUT2D eigenvalue weighted by atomic mass is 10.0. The van der Waals surface area contributed by atoms with Crippen LogP contribution in [0.1, 0.15) is 19.8 Å². The second kappa shape index (κ2) is 3.99. The number of rotatable bonds is 4. The molecule has 11 heavy (non-hydrogen) atoms. The molecule has 1 atom stereocenters. The van der Waals surface area contributed by atoms with Gasteiger partial charge in [0.1, 0.15) is 0 Å². The molecule has 0 aromatic rings. The van der Waals surface area contributed by atoms with Crippen molar-refractivity contribution in [3.05, 3.63) is 0 Å². The normalized spacial score (nSPS) is 15.5. The molecule has 1 unspecified atom stereocenters. The van der Waals surface area contributed by atoms with E-state index in [1.54, 1.807) is 0 Å². The molecule has 0 aromatic heterocycles. The molecule has 0 aliphatic carbocycles. The fourth-order valence-electron chi connectivity index (χ4n) is 0.570. The van der Waals surface area contributed by atoms with Gasteiger partial charge in [-0.2, -0.15) is 0 Å². The molecule has 5 nitrogen and oxygen atoms in total. The van der Waals surface area contributed by atoms with Crippen molar-refractivity contribution in [3.8, 4) is 0 Å². The molecule has 0 heterocycles. The minimum atomic E-state index is -2.71. The third kappa shape index (κ3) is 6.21. The van der Waals surface area contributed by atoms with Crippen molar-refractivity contribution < 1.29 is 25.5 Å². The Morgan fingerprint density at radius 1 is 1.18 bits per heavy atom. The molecule has 0 aliphatic rings. The molecule has 0 bridgehead atoms. The third-order valence-corrected chi connectivity index (χ3v) is 1.44. The minimum Gasteiger partial charge on any atom is -0.368 e. The van der Waals surface area contributed by atoms with E-state index in [4.69, 9.17) is 25.5 Å². The summed E-state index contributed by atoms with van der Waals surface area (Å²) in [6.07, 6.45) is -1.66. The van der Waals surface area contributed by atoms with Gasteiger partial charge in [-0.15, -0.1) is 0 Å². The van der Waals surface area contributed by atoms with Crippen molar-refractivity contribution in [2.45, 2.75) is 32.0 Å². The van der Waals surface area contributed by atoms with Crippen LogP contribution >= 0.6 is 0 Å². The molecular weight excluding hydrogens is 152 g/mol. The Labute approximate surface area is 64.5 Å². The van der Waals surface area contributed by atoms with E-state index in [1.165, 1.54) is 6.92 Å². The molecule has 0 fully saturated rings. The van der Waals surface area contributed by atoms with Crippen LogP contribution in [0.3, 0.4) is 0 Å². The SMILES string of the molecule is CC(CCC(O)(O)O)C(O)O. The summed E-state index contributed by atoms with van der Waals surface area (Å²) in [6.45, 7) is 1.52. The lowest BCUT2D eigenvalue weighted by Gasteiger charge is -2.18. The van der Waals surface area contributed by atoms with Gasteiger partial charge in [0, 0.05) is 12.3 Å². The largest absolute Gasteiger partial charge is 0.368 e. The maximum atomic E-state index is 8.53. The average Bonchev–Trinajstić information content (AvgIpc) is 1.80. The van der Waals surface area contributed by atoms with Crippen LogP contribution in [0.25, 0.3) is 0 Å². The molecule has 5 N–H and O–H groups in total. The summed E-state index contributed by atoms with van der Waals surface area (Å²) in [6, 6.07) is 0. The maximum absolute atomic E-state index is 8.53. The number of aliphatic hydroxyl groups is 5. The van der Waals surface area contributed by atoms with Crippen LogP contribution in [-0.4, -0.2) is 37.8 Å². The molecule has 0 amide bonds. The van der Waals surface area contributed by atoms with Gasteiger partial charge >= 0.3 is 0 Å². The third-order valence-electron chi connectivity index (χ3n) is 1.44. The Bertz CT molecular complexity index is 106. The molecule has 0 saturated heterocycles. The highest BCUT2D eigenvalue weighted by atomic mass is 16.7. The number of hydrogen-bond donors (Lipinski definition) is 5. The van der Waals surface area contributed by atoms with Crippen LogP contribution < -0.4 is 0 Å². The highest BCUT2D eigenvalue weighted by molar-refractivity contribution is 4.57. The van der Waals surface area contributed by atoms with Gasteiger partial charge in [-0.1, -0.05) is 6.92 Å². The minimum absolute atomic E-state index is 0.126. The van der Waals surface area contributed by atoms with Gasteiger partial charge in [0.25, 0.3) is 5.97 Å². The van der Waals surface area contributed by atoms with E-state index in [9.17, 15) is 0 Å². The summed E-state index contributed by atoms with van der Waals surface area (Å²) in [5, 5.41) is 42.2. The van der Waals surface area contributed by atoms with Gasteiger partial charge in [-0.05, 0) is 6.42 Å². The summed E-state index contributed by atoms with van der Waals surface area (Å²) in [5.41, 5.74) is 0. The Kier molecular flexibility index (Phi) is 3.91. The second-order valence-corrected chi connectivity index (χ2v) is 2.70. The Morgan fingerprint density at radius 3 is 1.91 bits per heavy atom. The molecule has 0 saturated carbocycles. The summed E-state index contributed by atoms with van der Waals surface area (Å²) >= 11 is 0. The quantitative estimate of drug-likeness (QED) is 0.322. The van der Waals surface area contributed by atoms with E-state index >= 15 is 0 Å². The van der Waals surface area contributed by atoms with E-state index in [-0.39, 0.29) is 12.8 Å². The second-order valence-electron chi connectivity index (χ2n) is 2.70. The Balaban J connectivity index is 3.54. The fourth-order valence-corrected chi connectivity index (χ4v) is 0.570. The number of aliphatic hydroxyl groups excluding tert-OH is 1. The van der Waals surface area contributed by atoms with E-state index < -0.39 is 18.2 Å². The van der Waals surface area contributed by atoms with Crippen LogP contribution in [0.15, 0.2) is 0 Å². The fraction of sp³-hybridized carbons (Fsp3) is 1.00. The van der Waals surface area contributed by atoms with Crippen molar-refractivity contribution in [1.29, 1.82) is 0 Å². The predicted octanol–water partition coefficient (Wildman–Crippen LogP) is -1.66. The Morgan fingerprint density at radius 2 is 1.64 bits per heavy atom. The van der Waals surface area contributed by atoms with E-state index in [0.717, 1.165) is 0 Å². The first kappa shape index (κ1) is 10.8.